The van der Waals surface area contributed by atoms with Crippen molar-refractivity contribution < 1.29 is 19.5 Å². The van der Waals surface area contributed by atoms with E-state index in [2.05, 4.69) is 10.3 Å². The molecule has 9 heteroatoms. The normalized spacial score (nSPS) is 18.2. The molecular weight excluding hydrogens is 402 g/mol. The number of carboxylic acids is 1. The Labute approximate surface area is 170 Å². The Morgan fingerprint density at radius 3 is 2.61 bits per heavy atom. The minimum absolute atomic E-state index is 0.0118. The number of amides is 2. The Morgan fingerprint density at radius 2 is 1.96 bits per heavy atom. The van der Waals surface area contributed by atoms with Crippen LogP contribution in [0.3, 0.4) is 0 Å². The fraction of sp³-hybridized carbons (Fsp3) is 0.158. The molecule has 1 aliphatic heterocycles. The molecule has 28 heavy (non-hydrogen) atoms. The number of nitrogens with zero attached hydrogens (tertiary/aromatic N) is 2. The molecule has 0 bridgehead atoms. The van der Waals surface area contributed by atoms with Gasteiger partial charge in [0.15, 0.2) is 5.17 Å². The average Bonchev–Trinajstić information content (AvgIpc) is 2.65. The molecule has 1 aliphatic rings. The second-order valence-corrected chi connectivity index (χ2v) is 7.60. The number of anilines is 1. The molecule has 2 aromatic rings. The van der Waals surface area contributed by atoms with Gasteiger partial charge in [0.2, 0.25) is 11.8 Å². The van der Waals surface area contributed by atoms with E-state index in [0.717, 1.165) is 0 Å². The third-order valence-electron chi connectivity index (χ3n) is 3.98. The SMILES string of the molecule is CN1C(=O)C[C@H](C(=O)Nc2ccc(C(=O)[O-])cc2)SC1=Nc1cccc(Cl)c1. The molecular formula is C19H15ClN3O4S-. The van der Waals surface area contributed by atoms with Crippen molar-refractivity contribution in [3.63, 3.8) is 0 Å². The summed E-state index contributed by atoms with van der Waals surface area (Å²) < 4.78 is 0. The number of nitrogens with one attached hydrogen (secondary N) is 1. The van der Waals surface area contributed by atoms with Gasteiger partial charge in [-0.25, -0.2) is 4.99 Å². The molecule has 7 nitrogen and oxygen atoms in total. The zero-order valence-corrected chi connectivity index (χ0v) is 16.3. The summed E-state index contributed by atoms with van der Waals surface area (Å²) in [6, 6.07) is 12.5. The molecule has 0 saturated carbocycles. The van der Waals surface area contributed by atoms with Gasteiger partial charge >= 0.3 is 0 Å². The maximum absolute atomic E-state index is 12.6. The Morgan fingerprint density at radius 1 is 1.25 bits per heavy atom. The van der Waals surface area contributed by atoms with Gasteiger partial charge in [0.05, 0.1) is 11.7 Å². The lowest BCUT2D eigenvalue weighted by Gasteiger charge is -2.28. The van der Waals surface area contributed by atoms with Crippen molar-refractivity contribution in [3.8, 4) is 0 Å². The Kier molecular flexibility index (Phi) is 6.01. The zero-order valence-electron chi connectivity index (χ0n) is 14.7. The van der Waals surface area contributed by atoms with Crippen molar-refractivity contribution in [2.24, 2.45) is 4.99 Å². The minimum atomic E-state index is -1.30. The first-order chi connectivity index (χ1) is 13.3. The number of hydrogen-bond acceptors (Lipinski definition) is 6. The van der Waals surface area contributed by atoms with Crippen LogP contribution in [0.4, 0.5) is 11.4 Å². The van der Waals surface area contributed by atoms with Gasteiger partial charge in [0, 0.05) is 24.2 Å². The van der Waals surface area contributed by atoms with Crippen LogP contribution in [-0.4, -0.2) is 40.1 Å². The number of carboxylic acid groups (broad SMARTS) is 1. The second kappa shape index (κ2) is 8.45. The first-order valence-electron chi connectivity index (χ1n) is 8.23. The van der Waals surface area contributed by atoms with Gasteiger partial charge in [0.25, 0.3) is 0 Å². The summed E-state index contributed by atoms with van der Waals surface area (Å²) in [7, 11) is 1.60. The third kappa shape index (κ3) is 4.71. The van der Waals surface area contributed by atoms with Crippen molar-refractivity contribution in [1.82, 2.24) is 4.90 Å². The summed E-state index contributed by atoms with van der Waals surface area (Å²) in [5.41, 5.74) is 1.02. The largest absolute Gasteiger partial charge is 0.545 e. The molecule has 1 saturated heterocycles. The van der Waals surface area contributed by atoms with Crippen molar-refractivity contribution in [2.75, 3.05) is 12.4 Å². The van der Waals surface area contributed by atoms with Crippen molar-refractivity contribution in [1.29, 1.82) is 0 Å². The van der Waals surface area contributed by atoms with Gasteiger partial charge in [-0.3, -0.25) is 14.5 Å². The molecule has 0 aliphatic carbocycles. The number of aromatic carboxylic acids is 1. The molecule has 1 fully saturated rings. The smallest absolute Gasteiger partial charge is 0.238 e. The molecule has 2 amide bonds. The molecule has 144 valence electrons. The van der Waals surface area contributed by atoms with Gasteiger partial charge in [-0.1, -0.05) is 41.6 Å². The number of halogens is 1. The highest BCUT2D eigenvalue weighted by molar-refractivity contribution is 8.15. The van der Waals surface area contributed by atoms with E-state index in [1.54, 1.807) is 31.3 Å². The molecule has 0 spiro atoms. The summed E-state index contributed by atoms with van der Waals surface area (Å²) >= 11 is 7.14. The van der Waals surface area contributed by atoms with E-state index in [9.17, 15) is 19.5 Å². The first kappa shape index (κ1) is 19.9. The van der Waals surface area contributed by atoms with E-state index < -0.39 is 11.2 Å². The van der Waals surface area contributed by atoms with E-state index in [4.69, 9.17) is 11.6 Å². The lowest BCUT2D eigenvalue weighted by atomic mass is 10.2. The van der Waals surface area contributed by atoms with Crippen LogP contribution in [-0.2, 0) is 9.59 Å². The second-order valence-electron chi connectivity index (χ2n) is 5.99. The minimum Gasteiger partial charge on any atom is -0.545 e. The van der Waals surface area contributed by atoms with E-state index in [1.165, 1.54) is 40.9 Å². The van der Waals surface area contributed by atoms with Crippen LogP contribution < -0.4 is 10.4 Å². The maximum atomic E-state index is 12.6. The highest BCUT2D eigenvalue weighted by Crippen LogP contribution is 2.29. The van der Waals surface area contributed by atoms with E-state index >= 15 is 0 Å². The summed E-state index contributed by atoms with van der Waals surface area (Å²) in [6.07, 6.45) is 0.0265. The van der Waals surface area contributed by atoms with E-state index in [0.29, 0.717) is 21.6 Å². The van der Waals surface area contributed by atoms with Crippen LogP contribution in [0.1, 0.15) is 16.8 Å². The zero-order chi connectivity index (χ0) is 20.3. The topological polar surface area (TPSA) is 102 Å². The van der Waals surface area contributed by atoms with Gasteiger partial charge in [0.1, 0.15) is 5.25 Å². The highest BCUT2D eigenvalue weighted by Gasteiger charge is 2.34. The first-order valence-corrected chi connectivity index (χ1v) is 9.49. The van der Waals surface area contributed by atoms with Gasteiger partial charge in [-0.05, 0) is 35.9 Å². The monoisotopic (exact) mass is 416 g/mol. The number of aliphatic imine (C=N–C) groups is 1. The van der Waals surface area contributed by atoms with E-state index in [1.807, 2.05) is 0 Å². The molecule has 0 radical (unpaired) electrons. The Hall–Kier alpha value is -2.84. The number of amidine groups is 1. The lowest BCUT2D eigenvalue weighted by Crippen LogP contribution is -2.43. The number of carbonyl (C=O) groups excluding carboxylic acids is 3. The van der Waals surface area contributed by atoms with E-state index in [-0.39, 0.29) is 23.8 Å². The summed E-state index contributed by atoms with van der Waals surface area (Å²) in [4.78, 5) is 41.5. The average molecular weight is 417 g/mol. The Balaban J connectivity index is 1.75. The van der Waals surface area contributed by atoms with Gasteiger partial charge < -0.3 is 15.2 Å². The van der Waals surface area contributed by atoms with Crippen molar-refractivity contribution >= 4 is 57.7 Å². The number of hydrogen-bond donors (Lipinski definition) is 1. The fourth-order valence-corrected chi connectivity index (χ4v) is 3.72. The molecule has 1 N–H and O–H groups in total. The van der Waals surface area contributed by atoms with Crippen LogP contribution in [0.25, 0.3) is 0 Å². The molecule has 1 heterocycles. The van der Waals surface area contributed by atoms with Crippen molar-refractivity contribution in [2.45, 2.75) is 11.7 Å². The molecule has 1 atom stereocenters. The number of thioether (sulfide) groups is 1. The van der Waals surface area contributed by atoms with Crippen LogP contribution in [0, 0.1) is 0 Å². The molecule has 2 aromatic carbocycles. The summed E-state index contributed by atoms with van der Waals surface area (Å²) in [6.45, 7) is 0. The number of rotatable bonds is 4. The van der Waals surface area contributed by atoms with Crippen LogP contribution in [0.15, 0.2) is 53.5 Å². The van der Waals surface area contributed by atoms with Crippen LogP contribution >= 0.6 is 23.4 Å². The Bertz CT molecular complexity index is 962. The van der Waals surface area contributed by atoms with Crippen LogP contribution in [0.2, 0.25) is 5.02 Å². The van der Waals surface area contributed by atoms with Gasteiger partial charge in [-0.2, -0.15) is 0 Å². The van der Waals surface area contributed by atoms with Crippen molar-refractivity contribution in [3.05, 3.63) is 59.1 Å². The number of benzene rings is 2. The van der Waals surface area contributed by atoms with Crippen LogP contribution in [0.5, 0.6) is 0 Å². The predicted octanol–water partition coefficient (Wildman–Crippen LogP) is 2.29. The molecule has 0 aromatic heterocycles. The van der Waals surface area contributed by atoms with Gasteiger partial charge in [-0.15, -0.1) is 0 Å². The highest BCUT2D eigenvalue weighted by atomic mass is 35.5. The number of carbonyl (C=O) groups is 3. The standard InChI is InChI=1S/C19H16ClN3O4S/c1-23-16(24)10-15(28-19(23)22-14-4-2-3-12(20)9-14)17(25)21-13-7-5-11(6-8-13)18(26)27/h2-9,15H,10H2,1H3,(H,21,25)(H,26,27)/p-1/t15-/m1/s1. The molecule has 0 unspecified atom stereocenters. The fourth-order valence-electron chi connectivity index (χ4n) is 2.47. The summed E-state index contributed by atoms with van der Waals surface area (Å²) in [5, 5.41) is 13.7. The quantitative estimate of drug-likeness (QED) is 0.823. The third-order valence-corrected chi connectivity index (χ3v) is 5.46. The predicted molar refractivity (Wildman–Crippen MR) is 107 cm³/mol. The maximum Gasteiger partial charge on any atom is 0.238 e. The molecule has 3 rings (SSSR count). The summed E-state index contributed by atoms with van der Waals surface area (Å²) in [5.74, 6) is -1.89. The lowest BCUT2D eigenvalue weighted by molar-refractivity contribution is -0.255.